The summed E-state index contributed by atoms with van der Waals surface area (Å²) in [7, 11) is 0. The highest BCUT2D eigenvalue weighted by atomic mass is 19.1. The second-order valence-corrected chi connectivity index (χ2v) is 5.34. The Morgan fingerprint density at radius 2 is 2.15 bits per heavy atom. The van der Waals surface area contributed by atoms with E-state index in [4.69, 9.17) is 0 Å². The summed E-state index contributed by atoms with van der Waals surface area (Å²) >= 11 is 0. The lowest BCUT2D eigenvalue weighted by atomic mass is 9.99. The lowest BCUT2D eigenvalue weighted by Gasteiger charge is -2.30. The number of anilines is 1. The van der Waals surface area contributed by atoms with Crippen molar-refractivity contribution in [3.8, 4) is 0 Å². The van der Waals surface area contributed by atoms with Crippen molar-refractivity contribution in [1.29, 1.82) is 0 Å². The minimum absolute atomic E-state index is 0.250. The van der Waals surface area contributed by atoms with Crippen molar-refractivity contribution in [3.05, 3.63) is 34.1 Å². The van der Waals surface area contributed by atoms with Crippen molar-refractivity contribution >= 4 is 11.4 Å². The van der Waals surface area contributed by atoms with Gasteiger partial charge in [-0.1, -0.05) is 13.0 Å². The van der Waals surface area contributed by atoms with Gasteiger partial charge in [0.2, 0.25) is 5.82 Å². The van der Waals surface area contributed by atoms with Crippen LogP contribution in [0.2, 0.25) is 0 Å². The molecule has 1 N–H and O–H groups in total. The summed E-state index contributed by atoms with van der Waals surface area (Å²) in [5.41, 5.74) is -0.222. The third-order valence-electron chi connectivity index (χ3n) is 3.79. The van der Waals surface area contributed by atoms with Crippen LogP contribution in [0.3, 0.4) is 0 Å². The molecule has 6 heteroatoms. The molecule has 20 heavy (non-hydrogen) atoms. The molecule has 0 unspecified atom stereocenters. The van der Waals surface area contributed by atoms with Gasteiger partial charge in [0.25, 0.3) is 0 Å². The Morgan fingerprint density at radius 1 is 1.45 bits per heavy atom. The molecule has 1 heterocycles. The molecule has 1 fully saturated rings. The largest absolute Gasteiger partial charge is 0.378 e. The highest BCUT2D eigenvalue weighted by Gasteiger charge is 2.20. The smallest absolute Gasteiger partial charge is 0.327 e. The van der Waals surface area contributed by atoms with E-state index in [1.165, 1.54) is 18.9 Å². The molecule has 1 aliphatic rings. The monoisotopic (exact) mass is 281 g/mol. The maximum absolute atomic E-state index is 13.4. The van der Waals surface area contributed by atoms with E-state index in [1.807, 2.05) is 0 Å². The second kappa shape index (κ2) is 6.65. The van der Waals surface area contributed by atoms with Crippen LogP contribution in [0.5, 0.6) is 0 Å². The van der Waals surface area contributed by atoms with Crippen LogP contribution >= 0.6 is 0 Å². The number of halogens is 1. The summed E-state index contributed by atoms with van der Waals surface area (Å²) in [4.78, 5) is 12.5. The average Bonchev–Trinajstić information content (AvgIpc) is 2.40. The van der Waals surface area contributed by atoms with Gasteiger partial charge in [-0.15, -0.1) is 0 Å². The van der Waals surface area contributed by atoms with Gasteiger partial charge in [0.05, 0.1) is 4.92 Å². The molecule has 110 valence electrons. The van der Waals surface area contributed by atoms with Crippen molar-refractivity contribution in [1.82, 2.24) is 4.90 Å². The average molecular weight is 281 g/mol. The van der Waals surface area contributed by atoms with Gasteiger partial charge in [-0.25, -0.2) is 0 Å². The third kappa shape index (κ3) is 3.66. The van der Waals surface area contributed by atoms with E-state index in [2.05, 4.69) is 17.1 Å². The molecule has 1 aromatic carbocycles. The Hall–Kier alpha value is -1.69. The number of benzene rings is 1. The highest BCUT2D eigenvalue weighted by molar-refractivity contribution is 5.61. The minimum Gasteiger partial charge on any atom is -0.378 e. The highest BCUT2D eigenvalue weighted by Crippen LogP contribution is 2.27. The number of nitrogens with one attached hydrogen (secondary N) is 1. The number of hydrogen-bond donors (Lipinski definition) is 1. The molecule has 0 bridgehead atoms. The number of hydrogen-bond acceptors (Lipinski definition) is 4. The molecule has 5 nitrogen and oxygen atoms in total. The van der Waals surface area contributed by atoms with Crippen LogP contribution in [0.1, 0.15) is 19.8 Å². The van der Waals surface area contributed by atoms with Crippen LogP contribution in [0.4, 0.5) is 15.8 Å². The quantitative estimate of drug-likeness (QED) is 0.666. The fourth-order valence-corrected chi connectivity index (χ4v) is 2.48. The van der Waals surface area contributed by atoms with Crippen molar-refractivity contribution in [2.75, 3.05) is 31.5 Å². The number of nitrogens with zero attached hydrogens (tertiary/aromatic N) is 2. The van der Waals surface area contributed by atoms with Crippen molar-refractivity contribution < 1.29 is 9.31 Å². The van der Waals surface area contributed by atoms with Crippen LogP contribution in [0, 0.1) is 21.8 Å². The van der Waals surface area contributed by atoms with Crippen molar-refractivity contribution in [2.24, 2.45) is 5.92 Å². The molecule has 1 aliphatic heterocycles. The van der Waals surface area contributed by atoms with Crippen molar-refractivity contribution in [3.63, 3.8) is 0 Å². The predicted octanol–water partition coefficient (Wildman–Crippen LogP) is 2.88. The number of likely N-dealkylation sites (tertiary alicyclic amines) is 1. The second-order valence-electron chi connectivity index (χ2n) is 5.34. The van der Waals surface area contributed by atoms with Gasteiger partial charge in [0.1, 0.15) is 5.69 Å². The molecular weight excluding hydrogens is 261 g/mol. The molecule has 0 aromatic heterocycles. The van der Waals surface area contributed by atoms with Crippen LogP contribution in [0.15, 0.2) is 18.2 Å². The topological polar surface area (TPSA) is 58.4 Å². The maximum atomic E-state index is 13.4. The Kier molecular flexibility index (Phi) is 4.89. The molecule has 2 rings (SSSR count). The normalized spacial score (nSPS) is 17.1. The Morgan fingerprint density at radius 3 is 2.80 bits per heavy atom. The minimum atomic E-state index is -0.799. The molecule has 0 amide bonds. The van der Waals surface area contributed by atoms with E-state index in [0.717, 1.165) is 31.6 Å². The molecular formula is C14H20FN3O2. The number of para-hydroxylation sites is 1. The van der Waals surface area contributed by atoms with Crippen LogP contribution < -0.4 is 5.32 Å². The first-order valence-corrected chi connectivity index (χ1v) is 6.97. The molecule has 1 aromatic rings. The van der Waals surface area contributed by atoms with E-state index >= 15 is 0 Å². The Bertz CT molecular complexity index is 473. The zero-order valence-electron chi connectivity index (χ0n) is 11.6. The standard InChI is InChI=1S/C14H20FN3O2/c1-11-5-8-17(9-6-11)10-7-16-13-4-2-3-12(15)14(13)18(19)20/h2-4,11,16H,5-10H2,1H3. The molecule has 0 radical (unpaired) electrons. The first kappa shape index (κ1) is 14.7. The summed E-state index contributed by atoms with van der Waals surface area (Å²) in [6.45, 7) is 5.78. The number of piperidine rings is 1. The summed E-state index contributed by atoms with van der Waals surface area (Å²) in [6, 6.07) is 4.13. The zero-order chi connectivity index (χ0) is 14.5. The summed E-state index contributed by atoms with van der Waals surface area (Å²) in [5.74, 6) is -0.0182. The van der Waals surface area contributed by atoms with E-state index in [-0.39, 0.29) is 5.69 Å². The zero-order valence-corrected chi connectivity index (χ0v) is 11.6. The predicted molar refractivity (Wildman–Crippen MR) is 76.4 cm³/mol. The van der Waals surface area contributed by atoms with E-state index in [9.17, 15) is 14.5 Å². The van der Waals surface area contributed by atoms with E-state index < -0.39 is 16.4 Å². The number of nitro groups is 1. The first-order valence-electron chi connectivity index (χ1n) is 6.97. The van der Waals surface area contributed by atoms with Crippen LogP contribution in [0.25, 0.3) is 0 Å². The van der Waals surface area contributed by atoms with Gasteiger partial charge < -0.3 is 10.2 Å². The number of nitro benzene ring substituents is 1. The third-order valence-corrected chi connectivity index (χ3v) is 3.79. The van der Waals surface area contributed by atoms with Gasteiger partial charge >= 0.3 is 5.69 Å². The van der Waals surface area contributed by atoms with Gasteiger partial charge in [-0.05, 0) is 44.0 Å². The lowest BCUT2D eigenvalue weighted by molar-refractivity contribution is -0.386. The summed E-state index contributed by atoms with van der Waals surface area (Å²) < 4.78 is 13.4. The molecule has 0 saturated carbocycles. The van der Waals surface area contributed by atoms with Gasteiger partial charge in [-0.3, -0.25) is 10.1 Å². The maximum Gasteiger partial charge on any atom is 0.327 e. The van der Waals surface area contributed by atoms with E-state index in [1.54, 1.807) is 6.07 Å². The molecule has 1 saturated heterocycles. The van der Waals surface area contributed by atoms with Gasteiger partial charge in [0, 0.05) is 13.1 Å². The summed E-state index contributed by atoms with van der Waals surface area (Å²) in [6.07, 6.45) is 2.39. The molecule has 0 atom stereocenters. The molecule has 0 aliphatic carbocycles. The fourth-order valence-electron chi connectivity index (χ4n) is 2.48. The van der Waals surface area contributed by atoms with Crippen LogP contribution in [-0.2, 0) is 0 Å². The summed E-state index contributed by atoms with van der Waals surface area (Å²) in [5, 5.41) is 13.8. The number of rotatable bonds is 5. The van der Waals surface area contributed by atoms with Crippen molar-refractivity contribution in [2.45, 2.75) is 19.8 Å². The van der Waals surface area contributed by atoms with E-state index in [0.29, 0.717) is 6.54 Å². The SMILES string of the molecule is CC1CCN(CCNc2cccc(F)c2[N+](=O)[O-])CC1. The first-order chi connectivity index (χ1) is 9.58. The Balaban J connectivity index is 1.88. The fraction of sp³-hybridized carbons (Fsp3) is 0.571. The van der Waals surface area contributed by atoms with Gasteiger partial charge in [-0.2, -0.15) is 4.39 Å². The Labute approximate surface area is 117 Å². The lowest BCUT2D eigenvalue weighted by Crippen LogP contribution is -2.36. The van der Waals surface area contributed by atoms with Gasteiger partial charge in [0.15, 0.2) is 0 Å². The van der Waals surface area contributed by atoms with Crippen LogP contribution in [-0.4, -0.2) is 36.0 Å². The molecule has 0 spiro atoms.